The SMILES string of the molecule is CC1(C2CCCCCC2)CNC(=O)NC1SCC(=O)NCc1ccc(OCCOCCOCCOCCN=N)cc1. The second-order valence-corrected chi connectivity index (χ2v) is 11.8. The minimum absolute atomic E-state index is 0.0416. The molecule has 0 radical (unpaired) electrons. The zero-order valence-electron chi connectivity index (χ0n) is 24.3. The molecular formula is C29H47N5O6S. The van der Waals surface area contributed by atoms with Gasteiger partial charge in [-0.1, -0.05) is 44.7 Å². The van der Waals surface area contributed by atoms with Crippen molar-refractivity contribution >= 4 is 23.7 Å². The van der Waals surface area contributed by atoms with Crippen LogP contribution in [0.4, 0.5) is 4.79 Å². The Kier molecular flexibility index (Phi) is 15.3. The van der Waals surface area contributed by atoms with E-state index in [9.17, 15) is 9.59 Å². The molecule has 41 heavy (non-hydrogen) atoms. The maximum atomic E-state index is 12.7. The number of carbonyl (C=O) groups is 2. The molecule has 1 heterocycles. The maximum Gasteiger partial charge on any atom is 0.315 e. The highest BCUT2D eigenvalue weighted by Crippen LogP contribution is 2.44. The third-order valence-corrected chi connectivity index (χ3v) is 9.08. The molecule has 2 unspecified atom stereocenters. The number of amides is 3. The number of carbonyl (C=O) groups excluding carboxylic acids is 2. The van der Waals surface area contributed by atoms with Crippen molar-refractivity contribution in [3.63, 3.8) is 0 Å². The highest BCUT2D eigenvalue weighted by molar-refractivity contribution is 8.00. The van der Waals surface area contributed by atoms with Gasteiger partial charge < -0.3 is 34.9 Å². The van der Waals surface area contributed by atoms with Crippen LogP contribution in [-0.4, -0.2) is 82.4 Å². The lowest BCUT2D eigenvalue weighted by Gasteiger charge is -2.46. The third kappa shape index (κ3) is 12.2. The van der Waals surface area contributed by atoms with E-state index in [1.54, 1.807) is 0 Å². The van der Waals surface area contributed by atoms with E-state index in [4.69, 9.17) is 24.5 Å². The Morgan fingerprint density at radius 3 is 2.29 bits per heavy atom. The normalized spacial score (nSPS) is 21.4. The summed E-state index contributed by atoms with van der Waals surface area (Å²) >= 11 is 1.54. The summed E-state index contributed by atoms with van der Waals surface area (Å²) in [5.41, 5.74) is 7.58. The molecule has 4 N–H and O–H groups in total. The van der Waals surface area contributed by atoms with Crippen molar-refractivity contribution in [2.24, 2.45) is 16.4 Å². The number of nitrogens with zero attached hydrogens (tertiary/aromatic N) is 1. The molecule has 0 spiro atoms. The molecule has 1 aliphatic heterocycles. The van der Waals surface area contributed by atoms with Crippen LogP contribution in [0.5, 0.6) is 5.75 Å². The Morgan fingerprint density at radius 1 is 1.00 bits per heavy atom. The van der Waals surface area contributed by atoms with Crippen molar-refractivity contribution in [1.29, 1.82) is 5.53 Å². The van der Waals surface area contributed by atoms with Crippen molar-refractivity contribution in [1.82, 2.24) is 16.0 Å². The molecule has 3 amide bonds. The quantitative estimate of drug-likeness (QED) is 0.107. The van der Waals surface area contributed by atoms with E-state index < -0.39 is 0 Å². The summed E-state index contributed by atoms with van der Waals surface area (Å²) in [5.74, 6) is 1.54. The Hall–Kier alpha value is -2.41. The molecule has 0 bridgehead atoms. The average molecular weight is 594 g/mol. The largest absolute Gasteiger partial charge is 0.491 e. The Labute approximate surface area is 248 Å². The first-order valence-electron chi connectivity index (χ1n) is 14.7. The van der Waals surface area contributed by atoms with Gasteiger partial charge in [0, 0.05) is 18.5 Å². The number of hydrogen-bond acceptors (Lipinski definition) is 9. The molecule has 230 valence electrons. The fraction of sp³-hybridized carbons (Fsp3) is 0.724. The number of ether oxygens (including phenoxy) is 4. The fourth-order valence-corrected chi connectivity index (χ4v) is 6.48. The van der Waals surface area contributed by atoms with Gasteiger partial charge >= 0.3 is 6.03 Å². The minimum atomic E-state index is -0.149. The summed E-state index contributed by atoms with van der Waals surface area (Å²) in [5, 5.41) is 12.2. The smallest absolute Gasteiger partial charge is 0.315 e. The summed E-state index contributed by atoms with van der Waals surface area (Å²) in [6.45, 7) is 6.98. The zero-order valence-corrected chi connectivity index (χ0v) is 25.1. The Bertz CT molecular complexity index is 915. The number of thioether (sulfide) groups is 1. The van der Waals surface area contributed by atoms with Crippen LogP contribution in [0.3, 0.4) is 0 Å². The summed E-state index contributed by atoms with van der Waals surface area (Å²) < 4.78 is 21.9. The first-order valence-corrected chi connectivity index (χ1v) is 15.8. The topological polar surface area (TPSA) is 143 Å². The molecule has 2 aliphatic rings. The van der Waals surface area contributed by atoms with Gasteiger partial charge in [-0.15, -0.1) is 11.8 Å². The summed E-state index contributed by atoms with van der Waals surface area (Å²) in [4.78, 5) is 24.8. The number of urea groups is 1. The molecule has 0 aromatic heterocycles. The van der Waals surface area contributed by atoms with Crippen LogP contribution in [0, 0.1) is 16.9 Å². The second kappa shape index (κ2) is 18.9. The van der Waals surface area contributed by atoms with Crippen LogP contribution in [0.1, 0.15) is 51.0 Å². The molecule has 1 saturated heterocycles. The molecule has 1 saturated carbocycles. The van der Waals surface area contributed by atoms with Crippen molar-refractivity contribution in [2.75, 3.05) is 65.1 Å². The predicted octanol–water partition coefficient (Wildman–Crippen LogP) is 4.11. The Balaban J connectivity index is 1.28. The molecule has 1 aromatic carbocycles. The van der Waals surface area contributed by atoms with Gasteiger partial charge in [0.1, 0.15) is 12.4 Å². The first-order chi connectivity index (χ1) is 20.0. The van der Waals surface area contributed by atoms with E-state index in [-0.39, 0.29) is 22.7 Å². The molecule has 1 aliphatic carbocycles. The Morgan fingerprint density at radius 2 is 1.63 bits per heavy atom. The standard InChI is InChI=1S/C29H47N5O6S/c1-29(24-6-4-2-3-5-7-24)22-32-28(36)34-27(29)41-21-26(35)31-20-23-8-10-25(11-9-23)40-19-18-39-17-16-38-15-14-37-13-12-33-30/h8-11,24,27,30H,2-7,12-22H2,1H3,(H,31,35)(H2,32,34,36). The van der Waals surface area contributed by atoms with Gasteiger partial charge in [0.2, 0.25) is 5.91 Å². The van der Waals surface area contributed by atoms with Crippen molar-refractivity contribution in [3.8, 4) is 5.75 Å². The second-order valence-electron chi connectivity index (χ2n) is 10.7. The number of nitrogens with one attached hydrogen (secondary N) is 4. The van der Waals surface area contributed by atoms with Gasteiger partial charge in [0.25, 0.3) is 0 Å². The molecule has 2 fully saturated rings. The van der Waals surface area contributed by atoms with E-state index in [1.807, 2.05) is 24.3 Å². The molecule has 2 atom stereocenters. The highest BCUT2D eigenvalue weighted by Gasteiger charge is 2.45. The van der Waals surface area contributed by atoms with Crippen molar-refractivity contribution in [2.45, 2.75) is 57.4 Å². The molecule has 11 nitrogen and oxygen atoms in total. The zero-order chi connectivity index (χ0) is 29.2. The van der Waals surface area contributed by atoms with Crippen LogP contribution < -0.4 is 20.7 Å². The first kappa shape index (κ1) is 33.1. The van der Waals surface area contributed by atoms with Gasteiger partial charge in [-0.05, 0) is 36.5 Å². The summed E-state index contributed by atoms with van der Waals surface area (Å²) in [6.07, 6.45) is 7.42. The lowest BCUT2D eigenvalue weighted by Crippen LogP contribution is -2.61. The van der Waals surface area contributed by atoms with Gasteiger partial charge in [-0.2, -0.15) is 5.11 Å². The minimum Gasteiger partial charge on any atom is -0.491 e. The number of benzene rings is 1. The highest BCUT2D eigenvalue weighted by atomic mass is 32.2. The van der Waals surface area contributed by atoms with E-state index in [0.717, 1.165) is 11.3 Å². The van der Waals surface area contributed by atoms with Crippen LogP contribution in [0.15, 0.2) is 29.4 Å². The van der Waals surface area contributed by atoms with Gasteiger partial charge in [0.05, 0.1) is 57.3 Å². The lowest BCUT2D eigenvalue weighted by atomic mass is 9.72. The monoisotopic (exact) mass is 593 g/mol. The van der Waals surface area contributed by atoms with Gasteiger partial charge in [-0.25, -0.2) is 10.3 Å². The van der Waals surface area contributed by atoms with E-state index in [2.05, 4.69) is 28.0 Å². The molecule has 1 aromatic rings. The van der Waals surface area contributed by atoms with Gasteiger partial charge in [0.15, 0.2) is 0 Å². The lowest BCUT2D eigenvalue weighted by molar-refractivity contribution is -0.118. The van der Waals surface area contributed by atoms with Crippen LogP contribution >= 0.6 is 11.8 Å². The summed E-state index contributed by atoms with van der Waals surface area (Å²) in [7, 11) is 0. The van der Waals surface area contributed by atoms with Crippen LogP contribution in [-0.2, 0) is 25.5 Å². The molecule has 3 rings (SSSR count). The molecular weight excluding hydrogens is 546 g/mol. The summed E-state index contributed by atoms with van der Waals surface area (Å²) in [6, 6.07) is 7.50. The van der Waals surface area contributed by atoms with Crippen LogP contribution in [0.2, 0.25) is 0 Å². The molecule has 12 heteroatoms. The van der Waals surface area contributed by atoms with Gasteiger partial charge in [-0.3, -0.25) is 4.79 Å². The fourth-order valence-electron chi connectivity index (χ4n) is 5.21. The number of hydrogen-bond donors (Lipinski definition) is 4. The van der Waals surface area contributed by atoms with Crippen molar-refractivity contribution < 1.29 is 28.5 Å². The van der Waals surface area contributed by atoms with E-state index in [0.29, 0.717) is 77.6 Å². The third-order valence-electron chi connectivity index (χ3n) is 7.66. The predicted molar refractivity (Wildman–Crippen MR) is 158 cm³/mol. The van der Waals surface area contributed by atoms with Crippen molar-refractivity contribution in [3.05, 3.63) is 29.8 Å². The van der Waals surface area contributed by atoms with E-state index >= 15 is 0 Å². The van der Waals surface area contributed by atoms with E-state index in [1.165, 1.54) is 50.3 Å². The maximum absolute atomic E-state index is 12.7. The average Bonchev–Trinajstić information content (AvgIpc) is 3.28. The van der Waals surface area contributed by atoms with Crippen LogP contribution in [0.25, 0.3) is 0 Å². The number of rotatable bonds is 19.